The number of fused-ring (bicyclic) bond motifs is 1. The predicted octanol–water partition coefficient (Wildman–Crippen LogP) is 5.10. The minimum Gasteiger partial charge on any atom is -0.458 e. The molecule has 0 bridgehead atoms. The zero-order chi connectivity index (χ0) is 20.5. The summed E-state index contributed by atoms with van der Waals surface area (Å²) in [4.78, 5) is 24.2. The Kier molecular flexibility index (Phi) is 5.78. The van der Waals surface area contributed by atoms with E-state index in [1.165, 1.54) is 6.92 Å². The van der Waals surface area contributed by atoms with Gasteiger partial charge in [-0.2, -0.15) is 0 Å². The van der Waals surface area contributed by atoms with Gasteiger partial charge in [-0.15, -0.1) is 0 Å². The van der Waals surface area contributed by atoms with Crippen LogP contribution in [-0.2, 0) is 14.3 Å². The first kappa shape index (κ1) is 20.4. The van der Waals surface area contributed by atoms with Gasteiger partial charge in [-0.05, 0) is 42.9 Å². The van der Waals surface area contributed by atoms with Crippen LogP contribution in [0.1, 0.15) is 57.3 Å². The second-order valence-electron chi connectivity index (χ2n) is 8.86. The highest BCUT2D eigenvalue weighted by Crippen LogP contribution is 2.57. The molecule has 0 saturated heterocycles. The molecule has 1 aromatic rings. The number of ether oxygens (including phenoxy) is 2. The summed E-state index contributed by atoms with van der Waals surface area (Å²) in [5.41, 5.74) is 2.77. The third kappa shape index (κ3) is 4.37. The van der Waals surface area contributed by atoms with E-state index in [1.807, 2.05) is 31.2 Å². The van der Waals surface area contributed by atoms with E-state index in [0.29, 0.717) is 18.4 Å². The number of benzene rings is 1. The SMILES string of the molecule is C=C1C[C@@H](OC(C)=O)/C=C(/C)C[C@H](OC(=O)c2ccccc2)[C@@H]2[C@H]1CC2(C)C. The second kappa shape index (κ2) is 7.94. The van der Waals surface area contributed by atoms with Crippen LogP contribution in [0.25, 0.3) is 0 Å². The van der Waals surface area contributed by atoms with Crippen LogP contribution < -0.4 is 0 Å². The number of carbonyl (C=O) groups excluding carboxylic acids is 2. The van der Waals surface area contributed by atoms with Gasteiger partial charge < -0.3 is 9.47 Å². The lowest BCUT2D eigenvalue weighted by molar-refractivity contribution is -0.144. The normalized spacial score (nSPS) is 31.0. The maximum absolute atomic E-state index is 12.7. The fourth-order valence-electron chi connectivity index (χ4n) is 4.86. The number of hydrogen-bond acceptors (Lipinski definition) is 4. The van der Waals surface area contributed by atoms with E-state index in [9.17, 15) is 9.59 Å². The van der Waals surface area contributed by atoms with Crippen molar-refractivity contribution in [2.24, 2.45) is 17.3 Å². The smallest absolute Gasteiger partial charge is 0.338 e. The van der Waals surface area contributed by atoms with Crippen molar-refractivity contribution in [2.75, 3.05) is 0 Å². The van der Waals surface area contributed by atoms with Gasteiger partial charge in [-0.1, -0.05) is 49.8 Å². The standard InChI is InChI=1S/C24H30O4/c1-15-11-19(27-17(3)25)13-16(2)20-14-24(4,5)22(20)21(12-15)28-23(26)18-9-7-6-8-10-18/h6-11,19-22H,2,12-14H2,1,3-5H3/b15-11-/t19-,20-,21-,22-/m0/s1. The van der Waals surface area contributed by atoms with E-state index >= 15 is 0 Å². The zero-order valence-corrected chi connectivity index (χ0v) is 17.2. The summed E-state index contributed by atoms with van der Waals surface area (Å²) in [5, 5.41) is 0. The van der Waals surface area contributed by atoms with E-state index in [2.05, 4.69) is 20.4 Å². The number of hydrogen-bond donors (Lipinski definition) is 0. The van der Waals surface area contributed by atoms with Crippen LogP contribution in [0, 0.1) is 17.3 Å². The first-order valence-corrected chi connectivity index (χ1v) is 9.95. The maximum Gasteiger partial charge on any atom is 0.338 e. The van der Waals surface area contributed by atoms with Crippen molar-refractivity contribution in [3.63, 3.8) is 0 Å². The molecule has 3 rings (SSSR count). The summed E-state index contributed by atoms with van der Waals surface area (Å²) >= 11 is 0. The van der Waals surface area contributed by atoms with Crippen LogP contribution in [0.15, 0.2) is 54.1 Å². The highest BCUT2D eigenvalue weighted by atomic mass is 16.5. The Labute approximate surface area is 167 Å². The summed E-state index contributed by atoms with van der Waals surface area (Å²) in [6, 6.07) is 9.12. The second-order valence-corrected chi connectivity index (χ2v) is 8.86. The van der Waals surface area contributed by atoms with Crippen LogP contribution in [0.3, 0.4) is 0 Å². The third-order valence-corrected chi connectivity index (χ3v) is 6.05. The van der Waals surface area contributed by atoms with Crippen molar-refractivity contribution in [1.29, 1.82) is 0 Å². The first-order valence-electron chi connectivity index (χ1n) is 9.95. The summed E-state index contributed by atoms with van der Waals surface area (Å²) in [6.07, 6.45) is 3.69. The van der Waals surface area contributed by atoms with Gasteiger partial charge in [0.2, 0.25) is 0 Å². The molecule has 4 heteroatoms. The highest BCUT2D eigenvalue weighted by molar-refractivity contribution is 5.89. The molecule has 2 aliphatic carbocycles. The number of rotatable bonds is 3. The molecular weight excluding hydrogens is 352 g/mol. The van der Waals surface area contributed by atoms with Gasteiger partial charge in [0, 0.05) is 25.7 Å². The molecule has 0 N–H and O–H groups in total. The summed E-state index contributed by atoms with van der Waals surface area (Å²) in [7, 11) is 0. The van der Waals surface area contributed by atoms with Crippen LogP contribution >= 0.6 is 0 Å². The van der Waals surface area contributed by atoms with E-state index in [4.69, 9.17) is 9.47 Å². The van der Waals surface area contributed by atoms with E-state index in [0.717, 1.165) is 17.6 Å². The first-order chi connectivity index (χ1) is 13.2. The highest BCUT2D eigenvalue weighted by Gasteiger charge is 2.53. The van der Waals surface area contributed by atoms with Crippen LogP contribution in [-0.4, -0.2) is 24.1 Å². The number of carbonyl (C=O) groups is 2. The molecule has 0 radical (unpaired) electrons. The van der Waals surface area contributed by atoms with Crippen molar-refractivity contribution >= 4 is 11.9 Å². The van der Waals surface area contributed by atoms with Crippen molar-refractivity contribution in [2.45, 2.75) is 59.2 Å². The van der Waals surface area contributed by atoms with Gasteiger partial charge in [0.05, 0.1) is 5.56 Å². The minimum atomic E-state index is -0.307. The van der Waals surface area contributed by atoms with Crippen molar-refractivity contribution in [3.8, 4) is 0 Å². The molecule has 0 spiro atoms. The van der Waals surface area contributed by atoms with Gasteiger partial charge in [-0.25, -0.2) is 4.79 Å². The predicted molar refractivity (Wildman–Crippen MR) is 109 cm³/mol. The van der Waals surface area contributed by atoms with Gasteiger partial charge in [-0.3, -0.25) is 4.79 Å². The molecule has 1 saturated carbocycles. The molecule has 0 aromatic heterocycles. The topological polar surface area (TPSA) is 52.6 Å². The lowest BCUT2D eigenvalue weighted by atomic mass is 9.51. The Balaban J connectivity index is 1.88. The van der Waals surface area contributed by atoms with Gasteiger partial charge >= 0.3 is 11.9 Å². The molecule has 1 fully saturated rings. The fraction of sp³-hybridized carbons (Fsp3) is 0.500. The van der Waals surface area contributed by atoms with Gasteiger partial charge in [0.25, 0.3) is 0 Å². The zero-order valence-electron chi connectivity index (χ0n) is 17.2. The maximum atomic E-state index is 12.7. The molecule has 4 atom stereocenters. The Morgan fingerprint density at radius 3 is 2.39 bits per heavy atom. The van der Waals surface area contributed by atoms with Crippen LogP contribution in [0.5, 0.6) is 0 Å². The monoisotopic (exact) mass is 382 g/mol. The Hall–Kier alpha value is -2.36. The molecule has 4 nitrogen and oxygen atoms in total. The largest absolute Gasteiger partial charge is 0.458 e. The van der Waals surface area contributed by atoms with Crippen LogP contribution in [0.4, 0.5) is 0 Å². The van der Waals surface area contributed by atoms with Gasteiger partial charge in [0.1, 0.15) is 12.2 Å². The summed E-state index contributed by atoms with van der Waals surface area (Å²) in [5.74, 6) is -0.118. The average Bonchev–Trinajstić information content (AvgIpc) is 2.62. The van der Waals surface area contributed by atoms with Crippen molar-refractivity contribution in [1.82, 2.24) is 0 Å². The summed E-state index contributed by atoms with van der Waals surface area (Å²) in [6.45, 7) is 12.2. The Morgan fingerprint density at radius 2 is 1.79 bits per heavy atom. The molecule has 0 heterocycles. The Bertz CT molecular complexity index is 790. The van der Waals surface area contributed by atoms with Crippen LogP contribution in [0.2, 0.25) is 0 Å². The number of esters is 2. The van der Waals surface area contributed by atoms with E-state index in [-0.39, 0.29) is 41.4 Å². The molecular formula is C24H30O4. The fourth-order valence-corrected chi connectivity index (χ4v) is 4.86. The molecule has 2 aliphatic rings. The summed E-state index contributed by atoms with van der Waals surface area (Å²) < 4.78 is 11.5. The quantitative estimate of drug-likeness (QED) is 0.539. The molecule has 1 aromatic carbocycles. The van der Waals surface area contributed by atoms with Gasteiger partial charge in [0.15, 0.2) is 0 Å². The van der Waals surface area contributed by atoms with Crippen molar-refractivity contribution < 1.29 is 19.1 Å². The molecule has 0 amide bonds. The molecule has 0 aliphatic heterocycles. The minimum absolute atomic E-state index is 0.0663. The molecule has 28 heavy (non-hydrogen) atoms. The molecule has 0 unspecified atom stereocenters. The van der Waals surface area contributed by atoms with Crippen molar-refractivity contribution in [3.05, 3.63) is 59.7 Å². The van der Waals surface area contributed by atoms with E-state index in [1.54, 1.807) is 12.1 Å². The lowest BCUT2D eigenvalue weighted by Gasteiger charge is -2.55. The third-order valence-electron chi connectivity index (χ3n) is 6.05. The lowest BCUT2D eigenvalue weighted by Crippen LogP contribution is -2.52. The molecule has 150 valence electrons. The Morgan fingerprint density at radius 1 is 1.11 bits per heavy atom. The average molecular weight is 383 g/mol. The van der Waals surface area contributed by atoms with E-state index < -0.39 is 0 Å².